The number of hydrogen-bond acceptors (Lipinski definition) is 4. The molecular weight excluding hydrogens is 262 g/mol. The summed E-state index contributed by atoms with van der Waals surface area (Å²) < 4.78 is 4.91. The lowest BCUT2D eigenvalue weighted by Crippen LogP contribution is -2.24. The molecule has 4 nitrogen and oxygen atoms in total. The highest BCUT2D eigenvalue weighted by Gasteiger charge is 2.14. The first kappa shape index (κ1) is 15.3. The Morgan fingerprint density at radius 1 is 1.26 bits per heavy atom. The Labute approximate surface area is 117 Å². The number of hydrogen-bond donors (Lipinski definition) is 1. The average molecular weight is 279 g/mol. The van der Waals surface area contributed by atoms with Crippen molar-refractivity contribution in [3.63, 3.8) is 0 Å². The Hall–Kier alpha value is -1.75. The van der Waals surface area contributed by atoms with Crippen molar-refractivity contribution < 1.29 is 14.3 Å². The largest absolute Gasteiger partial charge is 0.463 e. The van der Waals surface area contributed by atoms with Gasteiger partial charge in [-0.15, -0.1) is 11.8 Å². The van der Waals surface area contributed by atoms with E-state index in [1.807, 2.05) is 6.07 Å². The molecule has 0 saturated heterocycles. The maximum Gasteiger partial charge on any atom is 0.336 e. The van der Waals surface area contributed by atoms with Gasteiger partial charge < -0.3 is 10.1 Å². The van der Waals surface area contributed by atoms with E-state index in [1.165, 1.54) is 11.8 Å². The highest BCUT2D eigenvalue weighted by atomic mass is 32.2. The Morgan fingerprint density at radius 3 is 2.42 bits per heavy atom. The first-order chi connectivity index (χ1) is 9.10. The van der Waals surface area contributed by atoms with E-state index >= 15 is 0 Å². The molecule has 0 bridgehead atoms. The van der Waals surface area contributed by atoms with Crippen LogP contribution in [0.25, 0.3) is 0 Å². The standard InChI is InChI=1S/C14H17NO3S/c1-4-18-14(17)10(2)13(19-3)15-12(16)11-8-6-5-7-9-11/h5-9H,4H2,1-3H3,(H,15,16). The second kappa shape index (κ2) is 7.63. The summed E-state index contributed by atoms with van der Waals surface area (Å²) >= 11 is 1.30. The molecule has 0 aliphatic carbocycles. The van der Waals surface area contributed by atoms with E-state index in [4.69, 9.17) is 4.74 Å². The highest BCUT2D eigenvalue weighted by molar-refractivity contribution is 8.02. The van der Waals surface area contributed by atoms with Gasteiger partial charge in [-0.2, -0.15) is 0 Å². The van der Waals surface area contributed by atoms with E-state index < -0.39 is 5.97 Å². The van der Waals surface area contributed by atoms with E-state index in [2.05, 4.69) is 5.32 Å². The minimum Gasteiger partial charge on any atom is -0.463 e. The van der Waals surface area contributed by atoms with Crippen LogP contribution in [0.15, 0.2) is 40.9 Å². The van der Waals surface area contributed by atoms with Gasteiger partial charge >= 0.3 is 5.97 Å². The topological polar surface area (TPSA) is 55.4 Å². The average Bonchev–Trinajstić information content (AvgIpc) is 2.45. The van der Waals surface area contributed by atoms with Crippen molar-refractivity contribution in [2.45, 2.75) is 13.8 Å². The molecule has 102 valence electrons. The molecular formula is C14H17NO3S. The lowest BCUT2D eigenvalue weighted by Gasteiger charge is -2.11. The third-order valence-corrected chi connectivity index (χ3v) is 3.21. The second-order valence-corrected chi connectivity index (χ2v) is 4.52. The Morgan fingerprint density at radius 2 is 1.89 bits per heavy atom. The van der Waals surface area contributed by atoms with Crippen LogP contribution in [-0.4, -0.2) is 24.7 Å². The Bertz CT molecular complexity index is 483. The molecule has 1 rings (SSSR count). The first-order valence-electron chi connectivity index (χ1n) is 5.88. The molecule has 0 spiro atoms. The smallest absolute Gasteiger partial charge is 0.336 e. The summed E-state index contributed by atoms with van der Waals surface area (Å²) in [7, 11) is 0. The molecule has 0 atom stereocenters. The molecule has 1 N–H and O–H groups in total. The van der Waals surface area contributed by atoms with E-state index in [0.717, 1.165) is 0 Å². The van der Waals surface area contributed by atoms with Crippen LogP contribution in [0.4, 0.5) is 0 Å². The van der Waals surface area contributed by atoms with Gasteiger partial charge in [-0.1, -0.05) is 18.2 Å². The van der Waals surface area contributed by atoms with Gasteiger partial charge in [0.2, 0.25) is 0 Å². The van der Waals surface area contributed by atoms with Gasteiger partial charge in [0.25, 0.3) is 5.91 Å². The summed E-state index contributed by atoms with van der Waals surface area (Å²) in [4.78, 5) is 23.6. The molecule has 1 amide bonds. The lowest BCUT2D eigenvalue weighted by atomic mass is 10.2. The van der Waals surface area contributed by atoms with Gasteiger partial charge in [0, 0.05) is 5.56 Å². The van der Waals surface area contributed by atoms with Gasteiger partial charge in [-0.25, -0.2) is 4.79 Å². The lowest BCUT2D eigenvalue weighted by molar-refractivity contribution is -0.138. The number of rotatable bonds is 5. The Balaban J connectivity index is 2.85. The monoisotopic (exact) mass is 279 g/mol. The van der Waals surface area contributed by atoms with Crippen LogP contribution in [0.1, 0.15) is 24.2 Å². The molecule has 0 radical (unpaired) electrons. The summed E-state index contributed by atoms with van der Waals surface area (Å²) in [6.07, 6.45) is 1.79. The molecule has 19 heavy (non-hydrogen) atoms. The fourth-order valence-corrected chi connectivity index (χ4v) is 1.98. The minimum atomic E-state index is -0.416. The molecule has 0 aromatic heterocycles. The van der Waals surface area contributed by atoms with Crippen molar-refractivity contribution in [2.24, 2.45) is 0 Å². The van der Waals surface area contributed by atoms with Crippen molar-refractivity contribution in [1.29, 1.82) is 0 Å². The number of carbonyl (C=O) groups is 2. The first-order valence-corrected chi connectivity index (χ1v) is 7.11. The summed E-state index contributed by atoms with van der Waals surface area (Å²) in [6, 6.07) is 8.84. The summed E-state index contributed by atoms with van der Waals surface area (Å²) in [6.45, 7) is 3.69. The molecule has 0 heterocycles. The molecule has 1 aromatic carbocycles. The van der Waals surface area contributed by atoms with Gasteiger partial charge in [-0.3, -0.25) is 4.79 Å². The number of esters is 1. The van der Waals surface area contributed by atoms with Crippen LogP contribution in [0.5, 0.6) is 0 Å². The normalized spacial score (nSPS) is 11.5. The maximum atomic E-state index is 12.0. The number of ether oxygens (including phenoxy) is 1. The Kier molecular flexibility index (Phi) is 6.15. The van der Waals surface area contributed by atoms with Crippen LogP contribution in [0.3, 0.4) is 0 Å². The number of thioether (sulfide) groups is 1. The third-order valence-electron chi connectivity index (χ3n) is 2.39. The molecule has 1 aromatic rings. The van der Waals surface area contributed by atoms with Crippen molar-refractivity contribution in [2.75, 3.05) is 12.9 Å². The second-order valence-electron chi connectivity index (χ2n) is 3.70. The predicted octanol–water partition coefficient (Wildman–Crippen LogP) is 2.57. The number of nitrogens with one attached hydrogen (secondary N) is 1. The fourth-order valence-electron chi connectivity index (χ4n) is 1.39. The fraction of sp³-hybridized carbons (Fsp3) is 0.286. The highest BCUT2D eigenvalue weighted by Crippen LogP contribution is 2.15. The van der Waals surface area contributed by atoms with Crippen LogP contribution < -0.4 is 5.32 Å². The molecule has 0 aliphatic heterocycles. The predicted molar refractivity (Wildman–Crippen MR) is 76.8 cm³/mol. The summed E-state index contributed by atoms with van der Waals surface area (Å²) in [5, 5.41) is 3.23. The zero-order valence-electron chi connectivity index (χ0n) is 11.2. The molecule has 5 heteroatoms. The van der Waals surface area contributed by atoms with Crippen molar-refractivity contribution in [3.8, 4) is 0 Å². The zero-order chi connectivity index (χ0) is 14.3. The molecule has 0 unspecified atom stereocenters. The molecule has 0 aliphatic rings. The third kappa shape index (κ3) is 4.44. The van der Waals surface area contributed by atoms with Crippen molar-refractivity contribution in [3.05, 3.63) is 46.5 Å². The maximum absolute atomic E-state index is 12.0. The minimum absolute atomic E-state index is 0.242. The van der Waals surface area contributed by atoms with Gasteiger partial charge in [0.1, 0.15) is 0 Å². The van der Waals surface area contributed by atoms with Gasteiger partial charge in [-0.05, 0) is 32.2 Å². The molecule has 0 fully saturated rings. The van der Waals surface area contributed by atoms with E-state index in [0.29, 0.717) is 22.8 Å². The van der Waals surface area contributed by atoms with Gasteiger partial charge in [0.15, 0.2) is 0 Å². The van der Waals surface area contributed by atoms with Crippen LogP contribution >= 0.6 is 11.8 Å². The number of amides is 1. The number of benzene rings is 1. The van der Waals surface area contributed by atoms with E-state index in [1.54, 1.807) is 44.4 Å². The zero-order valence-corrected chi connectivity index (χ0v) is 12.0. The van der Waals surface area contributed by atoms with E-state index in [-0.39, 0.29) is 5.91 Å². The van der Waals surface area contributed by atoms with Crippen molar-refractivity contribution >= 4 is 23.6 Å². The SMILES string of the molecule is CCOC(=O)C(C)=C(NC(=O)c1ccccc1)SC. The van der Waals surface area contributed by atoms with Crippen LogP contribution in [0.2, 0.25) is 0 Å². The van der Waals surface area contributed by atoms with E-state index in [9.17, 15) is 9.59 Å². The van der Waals surface area contributed by atoms with Gasteiger partial charge in [0.05, 0.1) is 17.2 Å². The van der Waals surface area contributed by atoms with Crippen LogP contribution in [0, 0.1) is 0 Å². The quantitative estimate of drug-likeness (QED) is 0.665. The molecule has 0 saturated carbocycles. The van der Waals surface area contributed by atoms with Crippen molar-refractivity contribution in [1.82, 2.24) is 5.32 Å². The van der Waals surface area contributed by atoms with Crippen LogP contribution in [-0.2, 0) is 9.53 Å². The summed E-state index contributed by atoms with van der Waals surface area (Å²) in [5.74, 6) is -0.659. The summed E-state index contributed by atoms with van der Waals surface area (Å²) in [5.41, 5.74) is 0.948. The number of carbonyl (C=O) groups excluding carboxylic acids is 2.